The first kappa shape index (κ1) is 12.4. The third-order valence-corrected chi connectivity index (χ3v) is 2.55. The minimum Gasteiger partial charge on any atom is -0.391 e. The minimum absolute atomic E-state index is 0.267. The molecule has 0 amide bonds. The van der Waals surface area contributed by atoms with Gasteiger partial charge in [-0.3, -0.25) is 0 Å². The highest BCUT2D eigenvalue weighted by atomic mass is 35.5. The van der Waals surface area contributed by atoms with E-state index in [9.17, 15) is 9.50 Å². The smallest absolute Gasteiger partial charge is 0.128 e. The molecule has 0 aliphatic rings. The van der Waals surface area contributed by atoms with E-state index in [1.54, 1.807) is 0 Å². The Morgan fingerprint density at radius 2 is 2.20 bits per heavy atom. The molecule has 1 aromatic rings. The van der Waals surface area contributed by atoms with Gasteiger partial charge in [0.1, 0.15) is 5.82 Å². The first-order valence-electron chi connectivity index (χ1n) is 4.94. The van der Waals surface area contributed by atoms with E-state index in [1.807, 2.05) is 6.92 Å². The summed E-state index contributed by atoms with van der Waals surface area (Å²) < 4.78 is 13.4. The van der Waals surface area contributed by atoms with Gasteiger partial charge in [-0.25, -0.2) is 4.39 Å². The van der Waals surface area contributed by atoms with Gasteiger partial charge in [0.2, 0.25) is 0 Å². The summed E-state index contributed by atoms with van der Waals surface area (Å²) >= 11 is 5.74. The van der Waals surface area contributed by atoms with E-state index in [2.05, 4.69) is 0 Å². The lowest BCUT2D eigenvalue weighted by molar-refractivity contribution is 0.133. The third kappa shape index (κ3) is 3.16. The van der Waals surface area contributed by atoms with Crippen molar-refractivity contribution in [3.05, 3.63) is 34.6 Å². The number of halogens is 2. The van der Waals surface area contributed by atoms with Gasteiger partial charge in [-0.05, 0) is 24.6 Å². The summed E-state index contributed by atoms with van der Waals surface area (Å²) in [7, 11) is 0. The minimum atomic E-state index is -0.733. The molecule has 84 valence electrons. The number of nitrogens with two attached hydrogens (primary N) is 1. The molecule has 15 heavy (non-hydrogen) atoms. The molecule has 0 aliphatic heterocycles. The molecule has 0 bridgehead atoms. The fourth-order valence-electron chi connectivity index (χ4n) is 1.45. The molecule has 0 radical (unpaired) electrons. The van der Waals surface area contributed by atoms with Gasteiger partial charge in [-0.1, -0.05) is 24.9 Å². The summed E-state index contributed by atoms with van der Waals surface area (Å²) in [6.07, 6.45) is 0.618. The van der Waals surface area contributed by atoms with E-state index in [4.69, 9.17) is 17.3 Å². The molecule has 2 nitrogen and oxygen atoms in total. The van der Waals surface area contributed by atoms with Crippen LogP contribution in [0.2, 0.25) is 5.02 Å². The van der Waals surface area contributed by atoms with Crippen LogP contribution >= 0.6 is 11.6 Å². The summed E-state index contributed by atoms with van der Waals surface area (Å²) in [5.41, 5.74) is 6.01. The highest BCUT2D eigenvalue weighted by Gasteiger charge is 2.19. The van der Waals surface area contributed by atoms with Crippen LogP contribution in [0.15, 0.2) is 18.2 Å². The second-order valence-corrected chi connectivity index (χ2v) is 3.98. The van der Waals surface area contributed by atoms with Crippen molar-refractivity contribution in [2.75, 3.05) is 0 Å². The highest BCUT2D eigenvalue weighted by molar-refractivity contribution is 6.30. The fourth-order valence-corrected chi connectivity index (χ4v) is 1.63. The van der Waals surface area contributed by atoms with Gasteiger partial charge in [-0.15, -0.1) is 0 Å². The maximum atomic E-state index is 13.4. The zero-order valence-corrected chi connectivity index (χ0v) is 9.34. The van der Waals surface area contributed by atoms with Gasteiger partial charge >= 0.3 is 0 Å². The summed E-state index contributed by atoms with van der Waals surface area (Å²) in [5.74, 6) is -0.429. The maximum absolute atomic E-state index is 13.4. The summed E-state index contributed by atoms with van der Waals surface area (Å²) in [6, 6.07) is 3.46. The van der Waals surface area contributed by atoms with Crippen LogP contribution in [0.5, 0.6) is 0 Å². The van der Waals surface area contributed by atoms with E-state index < -0.39 is 18.0 Å². The Labute approximate surface area is 93.9 Å². The monoisotopic (exact) mass is 231 g/mol. The van der Waals surface area contributed by atoms with Crippen LogP contribution in [0.1, 0.15) is 31.4 Å². The van der Waals surface area contributed by atoms with Gasteiger partial charge < -0.3 is 10.8 Å². The highest BCUT2D eigenvalue weighted by Crippen LogP contribution is 2.23. The van der Waals surface area contributed by atoms with Crippen molar-refractivity contribution in [1.29, 1.82) is 0 Å². The number of hydrogen-bond acceptors (Lipinski definition) is 2. The van der Waals surface area contributed by atoms with Crippen molar-refractivity contribution in [2.24, 2.45) is 5.73 Å². The third-order valence-electron chi connectivity index (χ3n) is 2.32. The predicted octanol–water partition coefficient (Wildman–Crippen LogP) is 2.64. The molecular formula is C11H15ClFNO. The van der Waals surface area contributed by atoms with Crippen LogP contribution in [-0.4, -0.2) is 11.2 Å². The molecule has 0 aliphatic carbocycles. The van der Waals surface area contributed by atoms with E-state index in [1.165, 1.54) is 18.2 Å². The number of rotatable bonds is 4. The Hall–Kier alpha value is -0.640. The van der Waals surface area contributed by atoms with Crippen molar-refractivity contribution in [3.63, 3.8) is 0 Å². The largest absolute Gasteiger partial charge is 0.391 e. The summed E-state index contributed by atoms with van der Waals surface area (Å²) in [4.78, 5) is 0. The predicted molar refractivity (Wildman–Crippen MR) is 59.3 cm³/mol. The number of aliphatic hydroxyl groups is 1. The Bertz CT molecular complexity index is 332. The first-order valence-corrected chi connectivity index (χ1v) is 5.32. The quantitative estimate of drug-likeness (QED) is 0.837. The van der Waals surface area contributed by atoms with E-state index in [0.29, 0.717) is 11.4 Å². The lowest BCUT2D eigenvalue weighted by Crippen LogP contribution is -2.26. The fraction of sp³-hybridized carbons (Fsp3) is 0.455. The molecule has 4 heteroatoms. The van der Waals surface area contributed by atoms with Crippen LogP contribution in [0.25, 0.3) is 0 Å². The normalized spacial score (nSPS) is 15.0. The zero-order valence-electron chi connectivity index (χ0n) is 8.58. The topological polar surface area (TPSA) is 46.2 Å². The molecule has 1 rings (SSSR count). The molecule has 0 fully saturated rings. The molecule has 0 saturated heterocycles. The van der Waals surface area contributed by atoms with E-state index >= 15 is 0 Å². The van der Waals surface area contributed by atoms with Gasteiger partial charge in [-0.2, -0.15) is 0 Å². The van der Waals surface area contributed by atoms with E-state index in [-0.39, 0.29) is 5.56 Å². The van der Waals surface area contributed by atoms with Crippen molar-refractivity contribution >= 4 is 11.6 Å². The average molecular weight is 232 g/mol. The zero-order chi connectivity index (χ0) is 11.4. The Morgan fingerprint density at radius 1 is 1.53 bits per heavy atom. The second-order valence-electron chi connectivity index (χ2n) is 3.55. The molecule has 2 atom stereocenters. The van der Waals surface area contributed by atoms with Crippen molar-refractivity contribution in [3.8, 4) is 0 Å². The van der Waals surface area contributed by atoms with Gasteiger partial charge in [0.15, 0.2) is 0 Å². The van der Waals surface area contributed by atoms with Crippen molar-refractivity contribution in [2.45, 2.75) is 31.9 Å². The van der Waals surface area contributed by atoms with Crippen LogP contribution in [0.4, 0.5) is 4.39 Å². The molecule has 1 aromatic carbocycles. The SMILES string of the molecule is CCC[C@H](O)[C@H](N)c1cc(Cl)ccc1F. The molecule has 0 unspecified atom stereocenters. The summed E-state index contributed by atoms with van der Waals surface area (Å²) in [5, 5.41) is 10.1. The van der Waals surface area contributed by atoms with Gasteiger partial charge in [0, 0.05) is 10.6 Å². The van der Waals surface area contributed by atoms with Crippen LogP contribution < -0.4 is 5.73 Å². The number of hydrogen-bond donors (Lipinski definition) is 2. The first-order chi connectivity index (χ1) is 7.06. The molecular weight excluding hydrogens is 217 g/mol. The molecule has 0 saturated carbocycles. The van der Waals surface area contributed by atoms with Crippen molar-refractivity contribution in [1.82, 2.24) is 0 Å². The lowest BCUT2D eigenvalue weighted by Gasteiger charge is -2.19. The van der Waals surface area contributed by atoms with Crippen LogP contribution in [0, 0.1) is 5.82 Å². The summed E-state index contributed by atoms with van der Waals surface area (Å²) in [6.45, 7) is 1.93. The van der Waals surface area contributed by atoms with Gasteiger partial charge in [0.05, 0.1) is 12.1 Å². The van der Waals surface area contributed by atoms with Gasteiger partial charge in [0.25, 0.3) is 0 Å². The van der Waals surface area contributed by atoms with Crippen molar-refractivity contribution < 1.29 is 9.50 Å². The number of benzene rings is 1. The standard InChI is InChI=1S/C11H15ClFNO/c1-2-3-10(15)11(14)8-6-7(12)4-5-9(8)13/h4-6,10-11,15H,2-3,14H2,1H3/t10-,11+/m0/s1. The van der Waals surface area contributed by atoms with Crippen LogP contribution in [-0.2, 0) is 0 Å². The second kappa shape index (κ2) is 5.45. The maximum Gasteiger partial charge on any atom is 0.128 e. The Balaban J connectivity index is 2.89. The Kier molecular flexibility index (Phi) is 4.51. The number of aliphatic hydroxyl groups excluding tert-OH is 1. The molecule has 3 N–H and O–H groups in total. The lowest BCUT2D eigenvalue weighted by atomic mass is 9.99. The van der Waals surface area contributed by atoms with E-state index in [0.717, 1.165) is 6.42 Å². The Morgan fingerprint density at radius 3 is 2.80 bits per heavy atom. The van der Waals surface area contributed by atoms with Crippen LogP contribution in [0.3, 0.4) is 0 Å². The molecule has 0 heterocycles. The molecule has 0 aromatic heterocycles. The average Bonchev–Trinajstić information content (AvgIpc) is 2.21. The molecule has 0 spiro atoms.